The Morgan fingerprint density at radius 1 is 1.27 bits per heavy atom. The highest BCUT2D eigenvalue weighted by atomic mass is 16.5. The fraction of sp³-hybridized carbons (Fsp3) is 0.462. The first-order chi connectivity index (χ1) is 14.3. The van der Waals surface area contributed by atoms with Crippen LogP contribution < -0.4 is 4.74 Å². The quantitative estimate of drug-likeness (QED) is 0.669. The summed E-state index contributed by atoms with van der Waals surface area (Å²) in [5.41, 5.74) is 1.64. The molecule has 4 nitrogen and oxygen atoms in total. The second-order valence-electron chi connectivity index (χ2n) is 9.45. The monoisotopic (exact) mass is 407 g/mol. The molecular weight excluding hydrogens is 374 g/mol. The van der Waals surface area contributed by atoms with Crippen LogP contribution in [0, 0.1) is 11.3 Å². The van der Waals surface area contributed by atoms with Crippen LogP contribution in [-0.4, -0.2) is 47.5 Å². The van der Waals surface area contributed by atoms with Crippen molar-refractivity contribution in [2.75, 3.05) is 26.7 Å². The van der Waals surface area contributed by atoms with E-state index in [1.807, 2.05) is 30.3 Å². The largest absolute Gasteiger partial charge is 0.508 e. The number of hydrogen-bond acceptors (Lipinski definition) is 4. The molecule has 1 saturated heterocycles. The van der Waals surface area contributed by atoms with Crippen LogP contribution in [0.1, 0.15) is 36.8 Å². The average Bonchev–Trinajstić information content (AvgIpc) is 3.17. The van der Waals surface area contributed by atoms with Gasteiger partial charge in [0.15, 0.2) is 0 Å². The summed E-state index contributed by atoms with van der Waals surface area (Å²) in [4.78, 5) is 2.52. The lowest BCUT2D eigenvalue weighted by molar-refractivity contribution is 0.0311. The fourth-order valence-corrected chi connectivity index (χ4v) is 5.75. The maximum atomic E-state index is 11.5. The highest BCUT2D eigenvalue weighted by molar-refractivity contribution is 5.31. The number of benzene rings is 2. The van der Waals surface area contributed by atoms with E-state index in [0.29, 0.717) is 24.0 Å². The third-order valence-corrected chi connectivity index (χ3v) is 7.16. The zero-order chi connectivity index (χ0) is 21.4. The lowest BCUT2D eigenvalue weighted by Gasteiger charge is -2.30. The average molecular weight is 408 g/mol. The Morgan fingerprint density at radius 3 is 2.70 bits per heavy atom. The first-order valence-corrected chi connectivity index (χ1v) is 10.8. The Hall–Kier alpha value is -2.30. The zero-order valence-electron chi connectivity index (χ0n) is 18.1. The summed E-state index contributed by atoms with van der Waals surface area (Å²) >= 11 is 0. The molecule has 0 aromatic heterocycles. The van der Waals surface area contributed by atoms with Crippen molar-refractivity contribution in [3.63, 3.8) is 0 Å². The van der Waals surface area contributed by atoms with Gasteiger partial charge in [-0.2, -0.15) is 0 Å². The summed E-state index contributed by atoms with van der Waals surface area (Å²) in [5.74, 6) is 1.96. The summed E-state index contributed by atoms with van der Waals surface area (Å²) in [5, 5.41) is 21.0. The van der Waals surface area contributed by atoms with Crippen molar-refractivity contribution in [2.24, 2.45) is 11.3 Å². The minimum absolute atomic E-state index is 0.0255. The van der Waals surface area contributed by atoms with Gasteiger partial charge < -0.3 is 19.8 Å². The predicted molar refractivity (Wildman–Crippen MR) is 120 cm³/mol. The Labute approximate surface area is 179 Å². The van der Waals surface area contributed by atoms with Gasteiger partial charge in [-0.1, -0.05) is 37.3 Å². The van der Waals surface area contributed by atoms with Crippen LogP contribution in [0.2, 0.25) is 0 Å². The van der Waals surface area contributed by atoms with E-state index in [9.17, 15) is 10.2 Å². The van der Waals surface area contributed by atoms with Gasteiger partial charge >= 0.3 is 0 Å². The van der Waals surface area contributed by atoms with E-state index in [1.165, 1.54) is 5.56 Å². The fourth-order valence-electron chi connectivity index (χ4n) is 5.75. The van der Waals surface area contributed by atoms with Crippen LogP contribution >= 0.6 is 0 Å². The summed E-state index contributed by atoms with van der Waals surface area (Å²) in [6.45, 7) is 9.33. The van der Waals surface area contributed by atoms with Gasteiger partial charge in [-0.15, -0.1) is 6.58 Å². The van der Waals surface area contributed by atoms with Gasteiger partial charge in [-0.3, -0.25) is 0 Å². The van der Waals surface area contributed by atoms with Crippen LogP contribution in [0.25, 0.3) is 0 Å². The molecule has 0 bridgehead atoms. The minimum Gasteiger partial charge on any atom is -0.508 e. The number of aliphatic hydroxyl groups is 1. The van der Waals surface area contributed by atoms with E-state index in [2.05, 4.69) is 30.5 Å². The lowest BCUT2D eigenvalue weighted by atomic mass is 9.80. The number of likely N-dealkylation sites (tertiary alicyclic amines) is 1. The van der Waals surface area contributed by atoms with Gasteiger partial charge in [0.2, 0.25) is 0 Å². The highest BCUT2D eigenvalue weighted by Crippen LogP contribution is 2.54. The van der Waals surface area contributed by atoms with Crippen molar-refractivity contribution in [1.29, 1.82) is 0 Å². The van der Waals surface area contributed by atoms with E-state index in [0.717, 1.165) is 43.8 Å². The summed E-state index contributed by atoms with van der Waals surface area (Å²) in [6, 6.07) is 15.6. The molecule has 1 aliphatic heterocycles. The number of fused-ring (bicyclic) bond motifs is 1. The number of aromatic hydroxyl groups is 1. The second kappa shape index (κ2) is 8.09. The number of rotatable bonds is 7. The Bertz CT molecular complexity index is 895. The van der Waals surface area contributed by atoms with Crippen molar-refractivity contribution in [3.05, 3.63) is 72.3 Å². The second-order valence-corrected chi connectivity index (χ2v) is 9.45. The van der Waals surface area contributed by atoms with Crippen LogP contribution in [0.4, 0.5) is 0 Å². The topological polar surface area (TPSA) is 52.9 Å². The van der Waals surface area contributed by atoms with Crippen molar-refractivity contribution < 1.29 is 14.9 Å². The van der Waals surface area contributed by atoms with E-state index in [1.54, 1.807) is 19.2 Å². The molecule has 1 heterocycles. The normalized spacial score (nSPS) is 29.5. The molecule has 4 heteroatoms. The molecule has 2 aliphatic rings. The molecular formula is C26H33NO3. The number of phenolic OH excluding ortho intramolecular Hbond substituents is 1. The number of nitrogens with zero attached hydrogens (tertiary/aromatic N) is 1. The summed E-state index contributed by atoms with van der Waals surface area (Å²) in [6.07, 6.45) is 4.32. The Morgan fingerprint density at radius 2 is 2.03 bits per heavy atom. The molecule has 2 N–H and O–H groups in total. The molecule has 1 saturated carbocycles. The molecule has 2 aromatic carbocycles. The Balaban J connectivity index is 1.42. The van der Waals surface area contributed by atoms with Crippen LogP contribution in [0.5, 0.6) is 11.5 Å². The predicted octanol–water partition coefficient (Wildman–Crippen LogP) is 4.38. The molecule has 4 atom stereocenters. The van der Waals surface area contributed by atoms with Gasteiger partial charge in [0.05, 0.1) is 12.7 Å². The van der Waals surface area contributed by atoms with Gasteiger partial charge in [-0.05, 0) is 60.1 Å². The van der Waals surface area contributed by atoms with Gasteiger partial charge in [-0.25, -0.2) is 0 Å². The zero-order valence-corrected chi connectivity index (χ0v) is 18.1. The summed E-state index contributed by atoms with van der Waals surface area (Å²) in [7, 11) is 1.67. The standard InChI is InChI=1S/C26H33NO3/c1-4-25-17-26(29,13-20-6-5-7-24(12-20)30-3)14-22(25)16-27(18-25)15-19(2)21-8-10-23(28)11-9-21/h4-12,19,22,28-29H,1,13-18H2,2-3H3. The molecule has 4 unspecified atom stereocenters. The number of phenols is 1. The molecule has 160 valence electrons. The van der Waals surface area contributed by atoms with Crippen LogP contribution in [0.15, 0.2) is 61.2 Å². The SMILES string of the molecule is C=CC12CN(CC(C)c3ccc(O)cc3)CC1CC(O)(Cc1cccc(OC)c1)C2. The van der Waals surface area contributed by atoms with E-state index in [4.69, 9.17) is 4.74 Å². The number of methoxy groups -OCH3 is 1. The maximum absolute atomic E-state index is 11.5. The third-order valence-electron chi connectivity index (χ3n) is 7.16. The van der Waals surface area contributed by atoms with Crippen molar-refractivity contribution in [2.45, 2.75) is 37.7 Å². The van der Waals surface area contributed by atoms with Crippen molar-refractivity contribution in [1.82, 2.24) is 4.90 Å². The third kappa shape index (κ3) is 4.12. The smallest absolute Gasteiger partial charge is 0.119 e. The van der Waals surface area contributed by atoms with Crippen LogP contribution in [0.3, 0.4) is 0 Å². The minimum atomic E-state index is -0.695. The molecule has 30 heavy (non-hydrogen) atoms. The highest BCUT2D eigenvalue weighted by Gasteiger charge is 2.56. The molecule has 0 amide bonds. The van der Waals surface area contributed by atoms with Gasteiger partial charge in [0.1, 0.15) is 11.5 Å². The first kappa shape index (κ1) is 21.0. The molecule has 0 spiro atoms. The lowest BCUT2D eigenvalue weighted by Crippen LogP contribution is -2.35. The Kier molecular flexibility index (Phi) is 5.65. The molecule has 1 aliphatic carbocycles. The van der Waals surface area contributed by atoms with Crippen molar-refractivity contribution in [3.8, 4) is 11.5 Å². The maximum Gasteiger partial charge on any atom is 0.119 e. The molecule has 2 fully saturated rings. The molecule has 2 aromatic rings. The van der Waals surface area contributed by atoms with Crippen molar-refractivity contribution >= 4 is 0 Å². The molecule has 4 rings (SSSR count). The van der Waals surface area contributed by atoms with Gasteiger partial charge in [0.25, 0.3) is 0 Å². The van der Waals surface area contributed by atoms with E-state index >= 15 is 0 Å². The first-order valence-electron chi connectivity index (χ1n) is 10.8. The molecule has 0 radical (unpaired) electrons. The number of hydrogen-bond donors (Lipinski definition) is 2. The van der Waals surface area contributed by atoms with Crippen LogP contribution in [-0.2, 0) is 6.42 Å². The summed E-state index contributed by atoms with van der Waals surface area (Å²) < 4.78 is 5.34. The number of ether oxygens (including phenoxy) is 1. The van der Waals surface area contributed by atoms with E-state index in [-0.39, 0.29) is 5.41 Å². The van der Waals surface area contributed by atoms with Gasteiger partial charge in [0, 0.05) is 31.5 Å². The van der Waals surface area contributed by atoms with E-state index < -0.39 is 5.60 Å².